The Morgan fingerprint density at radius 3 is 2.78 bits per heavy atom. The second kappa shape index (κ2) is 5.74. The van der Waals surface area contributed by atoms with Gasteiger partial charge in [-0.05, 0) is 23.8 Å². The van der Waals surface area contributed by atoms with Crippen LogP contribution in [0, 0.1) is 11.3 Å². The first-order valence-electron chi connectivity index (χ1n) is 5.69. The van der Waals surface area contributed by atoms with Gasteiger partial charge in [-0.25, -0.2) is 0 Å². The van der Waals surface area contributed by atoms with Gasteiger partial charge in [-0.1, -0.05) is 24.3 Å². The predicted octanol–water partition coefficient (Wildman–Crippen LogP) is 3.18. The first-order chi connectivity index (χ1) is 8.83. The van der Waals surface area contributed by atoms with E-state index in [1.165, 1.54) is 0 Å². The van der Waals surface area contributed by atoms with Crippen molar-refractivity contribution in [3.05, 3.63) is 59.7 Å². The standard InChI is InChI=1S/C15H14N2O/c1-18-15-8-4-7-14(9-15)17-11-13-6-3-2-5-12(13)10-16/h2-9,17H,11H2,1H3. The Hall–Kier alpha value is -2.47. The lowest BCUT2D eigenvalue weighted by Crippen LogP contribution is -2.01. The zero-order chi connectivity index (χ0) is 12.8. The number of ether oxygens (including phenoxy) is 1. The number of nitrogens with zero attached hydrogens (tertiary/aromatic N) is 1. The number of rotatable bonds is 4. The van der Waals surface area contributed by atoms with Crippen LogP contribution in [0.1, 0.15) is 11.1 Å². The van der Waals surface area contributed by atoms with Gasteiger partial charge in [0.1, 0.15) is 5.75 Å². The zero-order valence-electron chi connectivity index (χ0n) is 10.2. The van der Waals surface area contributed by atoms with Gasteiger partial charge in [-0.3, -0.25) is 0 Å². The van der Waals surface area contributed by atoms with Crippen molar-refractivity contribution in [3.8, 4) is 11.8 Å². The molecule has 0 radical (unpaired) electrons. The molecule has 0 heterocycles. The summed E-state index contributed by atoms with van der Waals surface area (Å²) in [6.07, 6.45) is 0. The Morgan fingerprint density at radius 2 is 2.00 bits per heavy atom. The Kier molecular flexibility index (Phi) is 3.83. The van der Waals surface area contributed by atoms with Gasteiger partial charge in [0.2, 0.25) is 0 Å². The Morgan fingerprint density at radius 1 is 1.17 bits per heavy atom. The van der Waals surface area contributed by atoms with Crippen molar-refractivity contribution in [2.75, 3.05) is 12.4 Å². The van der Waals surface area contributed by atoms with Crippen LogP contribution < -0.4 is 10.1 Å². The highest BCUT2D eigenvalue weighted by atomic mass is 16.5. The Labute approximate surface area is 107 Å². The fourth-order valence-electron chi connectivity index (χ4n) is 1.71. The van der Waals surface area contributed by atoms with Gasteiger partial charge in [-0.15, -0.1) is 0 Å². The van der Waals surface area contributed by atoms with Crippen LogP contribution in [0.5, 0.6) is 5.75 Å². The monoisotopic (exact) mass is 238 g/mol. The molecule has 0 spiro atoms. The van der Waals surface area contributed by atoms with Gasteiger partial charge in [-0.2, -0.15) is 5.26 Å². The van der Waals surface area contributed by atoms with E-state index in [4.69, 9.17) is 10.00 Å². The molecular formula is C15H14N2O. The normalized spacial score (nSPS) is 9.56. The van der Waals surface area contributed by atoms with E-state index in [0.717, 1.165) is 17.0 Å². The largest absolute Gasteiger partial charge is 0.497 e. The van der Waals surface area contributed by atoms with Crippen LogP contribution in [-0.2, 0) is 6.54 Å². The fraction of sp³-hybridized carbons (Fsp3) is 0.133. The number of hydrogen-bond donors (Lipinski definition) is 1. The van der Waals surface area contributed by atoms with Gasteiger partial charge >= 0.3 is 0 Å². The van der Waals surface area contributed by atoms with E-state index in [0.29, 0.717) is 12.1 Å². The van der Waals surface area contributed by atoms with Crippen molar-refractivity contribution >= 4 is 5.69 Å². The number of benzene rings is 2. The molecule has 0 saturated heterocycles. The van der Waals surface area contributed by atoms with E-state index < -0.39 is 0 Å². The summed E-state index contributed by atoms with van der Waals surface area (Å²) in [5.74, 6) is 0.813. The number of nitrogens with one attached hydrogen (secondary N) is 1. The minimum Gasteiger partial charge on any atom is -0.497 e. The van der Waals surface area contributed by atoms with Crippen LogP contribution >= 0.6 is 0 Å². The fourth-order valence-corrected chi connectivity index (χ4v) is 1.71. The Balaban J connectivity index is 2.09. The van der Waals surface area contributed by atoms with Crippen molar-refractivity contribution in [1.82, 2.24) is 0 Å². The summed E-state index contributed by atoms with van der Waals surface area (Å²) in [4.78, 5) is 0. The lowest BCUT2D eigenvalue weighted by Gasteiger charge is -2.09. The predicted molar refractivity (Wildman–Crippen MR) is 71.5 cm³/mol. The topological polar surface area (TPSA) is 45.0 Å². The molecule has 3 nitrogen and oxygen atoms in total. The van der Waals surface area contributed by atoms with E-state index in [9.17, 15) is 0 Å². The third kappa shape index (κ3) is 2.80. The van der Waals surface area contributed by atoms with Crippen LogP contribution in [0.3, 0.4) is 0 Å². The molecule has 2 aromatic carbocycles. The van der Waals surface area contributed by atoms with E-state index in [-0.39, 0.29) is 0 Å². The lowest BCUT2D eigenvalue weighted by atomic mass is 10.1. The maximum atomic E-state index is 9.00. The van der Waals surface area contributed by atoms with Crippen molar-refractivity contribution in [2.45, 2.75) is 6.54 Å². The molecule has 0 atom stereocenters. The highest BCUT2D eigenvalue weighted by Gasteiger charge is 2.01. The second-order valence-electron chi connectivity index (χ2n) is 3.85. The third-order valence-electron chi connectivity index (χ3n) is 2.69. The van der Waals surface area contributed by atoms with E-state index in [1.807, 2.05) is 48.5 Å². The maximum Gasteiger partial charge on any atom is 0.120 e. The van der Waals surface area contributed by atoms with E-state index in [2.05, 4.69) is 11.4 Å². The Bertz CT molecular complexity index is 573. The molecule has 0 aliphatic carbocycles. The summed E-state index contributed by atoms with van der Waals surface area (Å²) >= 11 is 0. The minimum atomic E-state index is 0.622. The molecule has 90 valence electrons. The molecule has 2 aromatic rings. The van der Waals surface area contributed by atoms with Crippen molar-refractivity contribution in [2.24, 2.45) is 0 Å². The molecule has 0 aliphatic rings. The molecule has 2 rings (SSSR count). The molecule has 18 heavy (non-hydrogen) atoms. The van der Waals surface area contributed by atoms with Crippen molar-refractivity contribution < 1.29 is 4.74 Å². The molecule has 0 unspecified atom stereocenters. The summed E-state index contributed by atoms with van der Waals surface area (Å²) < 4.78 is 5.16. The minimum absolute atomic E-state index is 0.622. The molecule has 0 aromatic heterocycles. The van der Waals surface area contributed by atoms with Crippen LogP contribution in [0.4, 0.5) is 5.69 Å². The first-order valence-corrected chi connectivity index (χ1v) is 5.69. The third-order valence-corrected chi connectivity index (χ3v) is 2.69. The molecular weight excluding hydrogens is 224 g/mol. The average molecular weight is 238 g/mol. The molecule has 0 bridgehead atoms. The number of nitriles is 1. The van der Waals surface area contributed by atoms with Crippen molar-refractivity contribution in [3.63, 3.8) is 0 Å². The van der Waals surface area contributed by atoms with Gasteiger partial charge in [0.15, 0.2) is 0 Å². The molecule has 0 fully saturated rings. The molecule has 3 heteroatoms. The molecule has 0 aliphatic heterocycles. The molecule has 0 amide bonds. The van der Waals surface area contributed by atoms with Gasteiger partial charge in [0.25, 0.3) is 0 Å². The van der Waals surface area contributed by atoms with Crippen LogP contribution in [0.2, 0.25) is 0 Å². The highest BCUT2D eigenvalue weighted by Crippen LogP contribution is 2.18. The van der Waals surface area contributed by atoms with Crippen LogP contribution in [0.15, 0.2) is 48.5 Å². The van der Waals surface area contributed by atoms with Gasteiger partial charge in [0.05, 0.1) is 18.7 Å². The van der Waals surface area contributed by atoms with Gasteiger partial charge in [0, 0.05) is 18.3 Å². The zero-order valence-corrected chi connectivity index (χ0v) is 10.2. The van der Waals surface area contributed by atoms with Crippen LogP contribution in [-0.4, -0.2) is 7.11 Å². The molecule has 1 N–H and O–H groups in total. The second-order valence-corrected chi connectivity index (χ2v) is 3.85. The van der Waals surface area contributed by atoms with E-state index >= 15 is 0 Å². The summed E-state index contributed by atoms with van der Waals surface area (Å²) in [6, 6.07) is 17.5. The number of methoxy groups -OCH3 is 1. The van der Waals surface area contributed by atoms with Gasteiger partial charge < -0.3 is 10.1 Å². The van der Waals surface area contributed by atoms with E-state index in [1.54, 1.807) is 7.11 Å². The first kappa shape index (κ1) is 12.0. The summed E-state index contributed by atoms with van der Waals surface area (Å²) in [5.41, 5.74) is 2.66. The maximum absolute atomic E-state index is 9.00. The van der Waals surface area contributed by atoms with Crippen LogP contribution in [0.25, 0.3) is 0 Å². The average Bonchev–Trinajstić information content (AvgIpc) is 2.45. The summed E-state index contributed by atoms with van der Waals surface area (Å²) in [6.45, 7) is 0.622. The van der Waals surface area contributed by atoms with Crippen molar-refractivity contribution in [1.29, 1.82) is 5.26 Å². The quantitative estimate of drug-likeness (QED) is 0.889. The lowest BCUT2D eigenvalue weighted by molar-refractivity contribution is 0.415. The number of anilines is 1. The number of hydrogen-bond acceptors (Lipinski definition) is 3. The smallest absolute Gasteiger partial charge is 0.120 e. The SMILES string of the molecule is COc1cccc(NCc2ccccc2C#N)c1. The highest BCUT2D eigenvalue weighted by molar-refractivity contribution is 5.49. The summed E-state index contributed by atoms with van der Waals surface area (Å²) in [5, 5.41) is 12.3. The molecule has 0 saturated carbocycles. The summed E-state index contributed by atoms with van der Waals surface area (Å²) in [7, 11) is 1.64.